The number of benzene rings is 6. The highest BCUT2D eigenvalue weighted by Crippen LogP contribution is 2.40. The molecule has 0 unspecified atom stereocenters. The van der Waals surface area contributed by atoms with Gasteiger partial charge in [-0.15, -0.1) is 22.7 Å². The summed E-state index contributed by atoms with van der Waals surface area (Å²) in [5, 5.41) is 14.8. The van der Waals surface area contributed by atoms with Crippen molar-refractivity contribution in [3.63, 3.8) is 0 Å². The highest BCUT2D eigenvalue weighted by atomic mass is 32.1. The van der Waals surface area contributed by atoms with E-state index in [2.05, 4.69) is 115 Å². The van der Waals surface area contributed by atoms with E-state index in [1.54, 1.807) is 0 Å². The van der Waals surface area contributed by atoms with Crippen molar-refractivity contribution in [3.8, 4) is 39.4 Å². The van der Waals surface area contributed by atoms with Crippen LogP contribution in [0.4, 0.5) is 0 Å². The molecule has 0 bridgehead atoms. The number of rotatable bonds is 3. The minimum Gasteiger partial charge on any atom is -0.192 e. The number of nitriles is 1. The smallest absolute Gasteiger partial charge is 0.0991 e. The highest BCUT2D eigenvalue weighted by Gasteiger charge is 2.12. The minimum absolute atomic E-state index is 0.669. The highest BCUT2D eigenvalue weighted by molar-refractivity contribution is 7.26. The zero-order valence-corrected chi connectivity index (χ0v) is 23.0. The topological polar surface area (TPSA) is 23.8 Å². The first-order valence-electron chi connectivity index (χ1n) is 13.2. The fourth-order valence-corrected chi connectivity index (χ4v) is 7.94. The van der Waals surface area contributed by atoms with Crippen LogP contribution in [-0.2, 0) is 0 Å². The molecular weight excluding hydrogens is 523 g/mol. The summed E-state index contributed by atoms with van der Waals surface area (Å²) >= 11 is 3.69. The van der Waals surface area contributed by atoms with Crippen molar-refractivity contribution in [1.29, 1.82) is 5.26 Å². The van der Waals surface area contributed by atoms with Gasteiger partial charge in [-0.2, -0.15) is 5.26 Å². The van der Waals surface area contributed by atoms with Gasteiger partial charge in [-0.1, -0.05) is 66.7 Å². The fourth-order valence-electron chi connectivity index (χ4n) is 5.71. The van der Waals surface area contributed by atoms with Crippen LogP contribution < -0.4 is 0 Å². The van der Waals surface area contributed by atoms with Crippen LogP contribution in [0.2, 0.25) is 0 Å². The van der Waals surface area contributed by atoms with Crippen LogP contribution in [-0.4, -0.2) is 0 Å². The lowest BCUT2D eigenvalue weighted by atomic mass is 9.92. The molecule has 8 aromatic rings. The Morgan fingerprint density at radius 3 is 1.65 bits per heavy atom. The van der Waals surface area contributed by atoms with Crippen LogP contribution >= 0.6 is 22.7 Å². The Bertz CT molecular complexity index is 2290. The van der Waals surface area contributed by atoms with E-state index in [-0.39, 0.29) is 0 Å². The molecule has 0 radical (unpaired) electrons. The molecule has 0 spiro atoms. The molecule has 0 saturated heterocycles. The first-order valence-corrected chi connectivity index (χ1v) is 14.9. The summed E-state index contributed by atoms with van der Waals surface area (Å²) in [6, 6.07) is 47.9. The summed E-state index contributed by atoms with van der Waals surface area (Å²) < 4.78 is 5.23. The molecule has 2 heterocycles. The summed E-state index contributed by atoms with van der Waals surface area (Å²) in [5.74, 6) is 0. The molecule has 0 aliphatic heterocycles. The van der Waals surface area contributed by atoms with Crippen molar-refractivity contribution in [2.75, 3.05) is 0 Å². The first kappa shape index (κ1) is 23.2. The van der Waals surface area contributed by atoms with E-state index < -0.39 is 0 Å². The van der Waals surface area contributed by atoms with Crippen molar-refractivity contribution in [2.24, 2.45) is 0 Å². The quantitative estimate of drug-likeness (QED) is 0.217. The largest absolute Gasteiger partial charge is 0.192 e. The zero-order valence-electron chi connectivity index (χ0n) is 21.4. The zero-order chi connectivity index (χ0) is 26.6. The molecule has 40 heavy (non-hydrogen) atoms. The molecule has 0 aliphatic rings. The number of hydrogen-bond donors (Lipinski definition) is 0. The van der Waals surface area contributed by atoms with Gasteiger partial charge in [-0.25, -0.2) is 0 Å². The third kappa shape index (κ3) is 3.81. The monoisotopic (exact) mass is 543 g/mol. The minimum atomic E-state index is 0.669. The second-order valence-electron chi connectivity index (χ2n) is 10.1. The molecule has 0 amide bonds. The standard InChI is InChI=1S/C37H21NS2/c38-22-23-6-5-7-24(16-23)27-17-28(25-13-15-36-33(20-25)31-9-2-4-11-35(31)39-36)19-29(18-27)26-12-14-32-30-8-1-3-10-34(30)40-37(32)21-26/h1-21H. The van der Waals surface area contributed by atoms with Crippen molar-refractivity contribution < 1.29 is 0 Å². The second-order valence-corrected chi connectivity index (χ2v) is 12.3. The summed E-state index contributed by atoms with van der Waals surface area (Å²) in [7, 11) is 0. The Labute approximate surface area is 239 Å². The molecule has 0 atom stereocenters. The maximum atomic E-state index is 9.55. The van der Waals surface area contributed by atoms with Crippen molar-refractivity contribution in [3.05, 3.63) is 133 Å². The average Bonchev–Trinajstić information content (AvgIpc) is 3.58. The van der Waals surface area contributed by atoms with Crippen LogP contribution in [0.1, 0.15) is 5.56 Å². The van der Waals surface area contributed by atoms with Gasteiger partial charge in [0.15, 0.2) is 0 Å². The molecule has 8 rings (SSSR count). The van der Waals surface area contributed by atoms with Crippen molar-refractivity contribution in [1.82, 2.24) is 0 Å². The van der Waals surface area contributed by atoms with Gasteiger partial charge in [0.05, 0.1) is 11.6 Å². The van der Waals surface area contributed by atoms with Gasteiger partial charge in [0, 0.05) is 40.3 Å². The lowest BCUT2D eigenvalue weighted by Crippen LogP contribution is -1.87. The van der Waals surface area contributed by atoms with Crippen LogP contribution in [0.5, 0.6) is 0 Å². The first-order chi connectivity index (χ1) is 19.7. The maximum absolute atomic E-state index is 9.55. The molecule has 1 nitrogen and oxygen atoms in total. The molecular formula is C37H21NS2. The van der Waals surface area contributed by atoms with E-state index in [0.717, 1.165) is 11.1 Å². The summed E-state index contributed by atoms with van der Waals surface area (Å²) in [4.78, 5) is 0. The molecule has 186 valence electrons. The Balaban J connectivity index is 1.35. The lowest BCUT2D eigenvalue weighted by molar-refractivity contribution is 1.48. The fraction of sp³-hybridized carbons (Fsp3) is 0. The summed E-state index contributed by atoms with van der Waals surface area (Å²) in [5.41, 5.74) is 7.55. The summed E-state index contributed by atoms with van der Waals surface area (Å²) in [6.45, 7) is 0. The molecule has 0 saturated carbocycles. The van der Waals surface area contributed by atoms with Gasteiger partial charge in [0.25, 0.3) is 0 Å². The van der Waals surface area contributed by atoms with Crippen LogP contribution in [0.3, 0.4) is 0 Å². The van der Waals surface area contributed by atoms with Crippen LogP contribution in [0, 0.1) is 11.3 Å². The Kier molecular flexibility index (Phi) is 5.31. The van der Waals surface area contributed by atoms with Crippen molar-refractivity contribution >= 4 is 63.0 Å². The summed E-state index contributed by atoms with van der Waals surface area (Å²) in [6.07, 6.45) is 0. The normalized spacial score (nSPS) is 11.5. The lowest BCUT2D eigenvalue weighted by Gasteiger charge is -2.12. The van der Waals surface area contributed by atoms with Crippen molar-refractivity contribution in [2.45, 2.75) is 0 Å². The van der Waals surface area contributed by atoms with E-state index in [1.807, 2.05) is 40.9 Å². The average molecular weight is 544 g/mol. The molecule has 0 aliphatic carbocycles. The third-order valence-corrected chi connectivity index (χ3v) is 9.97. The molecule has 2 aromatic heterocycles. The van der Waals surface area contributed by atoms with Gasteiger partial charge in [0.1, 0.15) is 0 Å². The maximum Gasteiger partial charge on any atom is 0.0991 e. The number of hydrogen-bond acceptors (Lipinski definition) is 3. The van der Waals surface area contributed by atoms with E-state index >= 15 is 0 Å². The van der Waals surface area contributed by atoms with E-state index in [9.17, 15) is 5.26 Å². The third-order valence-electron chi connectivity index (χ3n) is 7.68. The predicted molar refractivity (Wildman–Crippen MR) is 173 cm³/mol. The molecule has 3 heteroatoms. The van der Waals surface area contributed by atoms with Gasteiger partial charge in [-0.3, -0.25) is 0 Å². The van der Waals surface area contributed by atoms with E-state index in [4.69, 9.17) is 0 Å². The van der Waals surface area contributed by atoms with E-state index in [0.29, 0.717) is 5.56 Å². The molecule has 0 fully saturated rings. The Morgan fingerprint density at radius 2 is 0.925 bits per heavy atom. The van der Waals surface area contributed by atoms with Gasteiger partial charge in [-0.05, 0) is 94.0 Å². The number of fused-ring (bicyclic) bond motifs is 6. The molecule has 0 N–H and O–H groups in total. The molecule has 6 aromatic carbocycles. The van der Waals surface area contributed by atoms with Gasteiger partial charge in [0.2, 0.25) is 0 Å². The van der Waals surface area contributed by atoms with Crippen LogP contribution in [0.15, 0.2) is 127 Å². The number of thiophene rings is 2. The Hall–Kier alpha value is -4.75. The Morgan fingerprint density at radius 1 is 0.375 bits per heavy atom. The van der Waals surface area contributed by atoms with Crippen LogP contribution in [0.25, 0.3) is 73.7 Å². The van der Waals surface area contributed by atoms with Gasteiger partial charge >= 0.3 is 0 Å². The second kappa shape index (κ2) is 9.17. The van der Waals surface area contributed by atoms with E-state index in [1.165, 1.54) is 62.6 Å². The SMILES string of the molecule is N#Cc1cccc(-c2cc(-c3ccc4c(c3)sc3ccccc34)cc(-c3ccc4sc5ccccc5c4c3)c2)c1. The van der Waals surface area contributed by atoms with Gasteiger partial charge < -0.3 is 0 Å². The predicted octanol–water partition coefficient (Wildman–Crippen LogP) is 11.3. The number of nitrogens with zero attached hydrogens (tertiary/aromatic N) is 1.